The van der Waals surface area contributed by atoms with Gasteiger partial charge in [-0.05, 0) is 44.9 Å². The first-order chi connectivity index (χ1) is 9.94. The smallest absolute Gasteiger partial charge is 0.250 e. The van der Waals surface area contributed by atoms with E-state index < -0.39 is 5.82 Å². The topological polar surface area (TPSA) is 73.6 Å². The number of carbonyl (C=O) groups is 1. The largest absolute Gasteiger partial charge is 0.396 e. The normalized spacial score (nSPS) is 25.6. The number of hydrogen-bond acceptors (Lipinski definition) is 4. The van der Waals surface area contributed by atoms with Crippen molar-refractivity contribution in [1.29, 1.82) is 0 Å². The Bertz CT molecular complexity index is 500. The van der Waals surface area contributed by atoms with Crippen LogP contribution in [-0.2, 0) is 14.3 Å². The van der Waals surface area contributed by atoms with Gasteiger partial charge in [0.15, 0.2) is 0 Å². The molecule has 21 heavy (non-hydrogen) atoms. The van der Waals surface area contributed by atoms with Crippen LogP contribution in [0.4, 0.5) is 15.8 Å². The molecule has 2 unspecified atom stereocenters. The van der Waals surface area contributed by atoms with Crippen molar-refractivity contribution in [2.45, 2.75) is 45.0 Å². The highest BCUT2D eigenvalue weighted by Gasteiger charge is 2.25. The van der Waals surface area contributed by atoms with Crippen molar-refractivity contribution in [3.63, 3.8) is 0 Å². The second-order valence-corrected chi connectivity index (χ2v) is 5.45. The molecule has 0 saturated carbocycles. The van der Waals surface area contributed by atoms with Crippen LogP contribution in [0, 0.1) is 5.82 Å². The maximum absolute atomic E-state index is 13.0. The first kappa shape index (κ1) is 15.7. The van der Waals surface area contributed by atoms with Crippen molar-refractivity contribution in [1.82, 2.24) is 0 Å². The summed E-state index contributed by atoms with van der Waals surface area (Å²) in [6.07, 6.45) is 1.85. The number of rotatable bonds is 4. The van der Waals surface area contributed by atoms with E-state index in [0.29, 0.717) is 5.69 Å². The molecule has 1 aromatic rings. The lowest BCUT2D eigenvalue weighted by atomic mass is 10.0. The Morgan fingerprint density at radius 1 is 1.43 bits per heavy atom. The first-order valence-corrected chi connectivity index (χ1v) is 7.06. The third-order valence-corrected chi connectivity index (χ3v) is 3.38. The number of benzene rings is 1. The Kier molecular flexibility index (Phi) is 5.14. The monoisotopic (exact) mass is 296 g/mol. The van der Waals surface area contributed by atoms with E-state index in [1.807, 2.05) is 13.8 Å². The molecule has 2 rings (SSSR count). The van der Waals surface area contributed by atoms with E-state index in [9.17, 15) is 9.18 Å². The van der Waals surface area contributed by atoms with Crippen molar-refractivity contribution >= 4 is 17.3 Å². The zero-order valence-electron chi connectivity index (χ0n) is 12.3. The molecular formula is C15H21FN2O3. The summed E-state index contributed by atoms with van der Waals surface area (Å²) >= 11 is 0. The van der Waals surface area contributed by atoms with Crippen LogP contribution in [0.5, 0.6) is 0 Å². The number of hydrogen-bond donors (Lipinski definition) is 2. The van der Waals surface area contributed by atoms with Crippen LogP contribution in [-0.4, -0.2) is 30.8 Å². The molecule has 0 radical (unpaired) electrons. The molecule has 3 N–H and O–H groups in total. The molecule has 1 saturated heterocycles. The van der Waals surface area contributed by atoms with Crippen molar-refractivity contribution in [3.8, 4) is 0 Å². The third kappa shape index (κ3) is 4.68. The van der Waals surface area contributed by atoms with Gasteiger partial charge >= 0.3 is 0 Å². The Morgan fingerprint density at radius 2 is 2.10 bits per heavy atom. The van der Waals surface area contributed by atoms with Crippen molar-refractivity contribution in [2.75, 3.05) is 17.7 Å². The molecule has 5 nitrogen and oxygen atoms in total. The highest BCUT2D eigenvalue weighted by atomic mass is 19.1. The fourth-order valence-electron chi connectivity index (χ4n) is 2.49. The highest BCUT2D eigenvalue weighted by Crippen LogP contribution is 2.21. The fourth-order valence-corrected chi connectivity index (χ4v) is 2.49. The summed E-state index contributed by atoms with van der Waals surface area (Å²) in [5.41, 5.74) is 5.90. The minimum atomic E-state index is -0.505. The van der Waals surface area contributed by atoms with Gasteiger partial charge in [-0.25, -0.2) is 4.39 Å². The Labute approximate surface area is 123 Å². The first-order valence-electron chi connectivity index (χ1n) is 7.06. The number of amides is 1. The van der Waals surface area contributed by atoms with Gasteiger partial charge in [-0.3, -0.25) is 4.79 Å². The van der Waals surface area contributed by atoms with E-state index in [1.165, 1.54) is 18.2 Å². The number of anilines is 2. The Hall–Kier alpha value is -1.66. The predicted molar refractivity (Wildman–Crippen MR) is 78.4 cm³/mol. The molecule has 1 aliphatic rings. The van der Waals surface area contributed by atoms with E-state index in [0.717, 1.165) is 12.8 Å². The van der Waals surface area contributed by atoms with Crippen LogP contribution >= 0.6 is 0 Å². The van der Waals surface area contributed by atoms with Gasteiger partial charge in [-0.15, -0.1) is 0 Å². The summed E-state index contributed by atoms with van der Waals surface area (Å²) in [5.74, 6) is -0.790. The van der Waals surface area contributed by atoms with Gasteiger partial charge in [-0.2, -0.15) is 0 Å². The molecule has 0 aliphatic carbocycles. The minimum absolute atomic E-state index is 0.000738. The standard InChI is InChI=1S/C15H21FN2O3/c1-9-5-12(6-10(2)21-9)20-8-15(19)18-11-3-4-13(16)14(17)7-11/h3-4,7,9-10,12H,5-6,8,17H2,1-2H3,(H,18,19). The zero-order valence-corrected chi connectivity index (χ0v) is 12.3. The van der Waals surface area contributed by atoms with Gasteiger partial charge in [0.2, 0.25) is 5.91 Å². The van der Waals surface area contributed by atoms with Gasteiger partial charge in [0.1, 0.15) is 12.4 Å². The maximum atomic E-state index is 13.0. The molecule has 6 heteroatoms. The van der Waals surface area contributed by atoms with Crippen LogP contribution in [0.1, 0.15) is 26.7 Å². The molecule has 1 aliphatic heterocycles. The minimum Gasteiger partial charge on any atom is -0.396 e. The number of ether oxygens (including phenoxy) is 2. The van der Waals surface area contributed by atoms with Crippen LogP contribution in [0.25, 0.3) is 0 Å². The van der Waals surface area contributed by atoms with Crippen LogP contribution in [0.2, 0.25) is 0 Å². The maximum Gasteiger partial charge on any atom is 0.250 e. The summed E-state index contributed by atoms with van der Waals surface area (Å²) in [6, 6.07) is 4.06. The van der Waals surface area contributed by atoms with Crippen LogP contribution < -0.4 is 11.1 Å². The fraction of sp³-hybridized carbons (Fsp3) is 0.533. The summed E-state index contributed by atoms with van der Waals surface area (Å²) in [4.78, 5) is 11.8. The molecule has 116 valence electrons. The quantitative estimate of drug-likeness (QED) is 0.836. The number of nitrogen functional groups attached to an aromatic ring is 1. The molecular weight excluding hydrogens is 275 g/mol. The van der Waals surface area contributed by atoms with Gasteiger partial charge in [-0.1, -0.05) is 0 Å². The number of halogens is 1. The number of nitrogens with two attached hydrogens (primary N) is 1. The molecule has 0 spiro atoms. The number of nitrogens with one attached hydrogen (secondary N) is 1. The van der Waals surface area contributed by atoms with E-state index in [4.69, 9.17) is 15.2 Å². The Balaban J connectivity index is 1.80. The Morgan fingerprint density at radius 3 is 2.71 bits per heavy atom. The van der Waals surface area contributed by atoms with Crippen LogP contribution in [0.15, 0.2) is 18.2 Å². The average Bonchev–Trinajstić information content (AvgIpc) is 2.40. The second-order valence-electron chi connectivity index (χ2n) is 5.45. The summed E-state index contributed by atoms with van der Waals surface area (Å²) < 4.78 is 24.3. The molecule has 2 atom stereocenters. The molecule has 0 aromatic heterocycles. The zero-order chi connectivity index (χ0) is 15.4. The lowest BCUT2D eigenvalue weighted by molar-refractivity contribution is -0.131. The summed E-state index contributed by atoms with van der Waals surface area (Å²) in [6.45, 7) is 3.95. The summed E-state index contributed by atoms with van der Waals surface area (Å²) in [5, 5.41) is 2.63. The predicted octanol–water partition coefficient (Wildman–Crippen LogP) is 2.32. The third-order valence-electron chi connectivity index (χ3n) is 3.38. The molecule has 1 aromatic carbocycles. The van der Waals surface area contributed by atoms with Gasteiger partial charge in [0.05, 0.1) is 24.0 Å². The van der Waals surface area contributed by atoms with Gasteiger partial charge < -0.3 is 20.5 Å². The lowest BCUT2D eigenvalue weighted by Gasteiger charge is -2.31. The lowest BCUT2D eigenvalue weighted by Crippen LogP contribution is -2.35. The van der Waals surface area contributed by atoms with E-state index in [-0.39, 0.29) is 36.5 Å². The molecule has 1 amide bonds. The summed E-state index contributed by atoms with van der Waals surface area (Å²) in [7, 11) is 0. The van der Waals surface area contributed by atoms with Crippen LogP contribution in [0.3, 0.4) is 0 Å². The second kappa shape index (κ2) is 6.87. The van der Waals surface area contributed by atoms with Crippen molar-refractivity contribution < 1.29 is 18.7 Å². The van der Waals surface area contributed by atoms with Crippen molar-refractivity contribution in [3.05, 3.63) is 24.0 Å². The van der Waals surface area contributed by atoms with Crippen molar-refractivity contribution in [2.24, 2.45) is 0 Å². The molecule has 0 bridgehead atoms. The van der Waals surface area contributed by atoms with Gasteiger partial charge in [0, 0.05) is 5.69 Å². The average molecular weight is 296 g/mol. The molecule has 1 heterocycles. The highest BCUT2D eigenvalue weighted by molar-refractivity contribution is 5.92. The number of carbonyl (C=O) groups excluding carboxylic acids is 1. The molecule has 1 fully saturated rings. The van der Waals surface area contributed by atoms with E-state index in [1.54, 1.807) is 0 Å². The van der Waals surface area contributed by atoms with E-state index in [2.05, 4.69) is 5.32 Å². The van der Waals surface area contributed by atoms with E-state index >= 15 is 0 Å². The van der Waals surface area contributed by atoms with Gasteiger partial charge in [0.25, 0.3) is 0 Å². The SMILES string of the molecule is CC1CC(OCC(=O)Nc2ccc(F)c(N)c2)CC(C)O1.